The summed E-state index contributed by atoms with van der Waals surface area (Å²) in [5.41, 5.74) is -0.0399. The number of ether oxygens (including phenoxy) is 1. The normalized spacial score (nSPS) is 13.6. The molecule has 6 nitrogen and oxygen atoms in total. The lowest BCUT2D eigenvalue weighted by molar-refractivity contribution is -0.141. The van der Waals surface area contributed by atoms with Crippen molar-refractivity contribution in [1.82, 2.24) is 19.7 Å². The van der Waals surface area contributed by atoms with Crippen LogP contribution in [0, 0.1) is 0 Å². The zero-order valence-corrected chi connectivity index (χ0v) is 15.8. The third kappa shape index (κ3) is 4.02. The van der Waals surface area contributed by atoms with Gasteiger partial charge in [0.2, 0.25) is 0 Å². The largest absolute Gasteiger partial charge is 0.435 e. The average molecular weight is 428 g/mol. The standard InChI is InChI=1S/C17H13ClF3N5OS/c18-11-8-22-16(23-9-11)27-12-2-1-3-13-15(12)25(10-28-13)6-7-26-5-4-14(24-26)17(19,20)21/h1-5,8-9H,6-7,10H2. The van der Waals surface area contributed by atoms with Gasteiger partial charge in [-0.05, 0) is 18.2 Å². The predicted molar refractivity (Wildman–Crippen MR) is 98.9 cm³/mol. The summed E-state index contributed by atoms with van der Waals surface area (Å²) in [4.78, 5) is 11.1. The fourth-order valence-electron chi connectivity index (χ4n) is 2.71. The molecule has 0 N–H and O–H groups in total. The summed E-state index contributed by atoms with van der Waals surface area (Å²) in [6, 6.07) is 6.76. The van der Waals surface area contributed by atoms with E-state index in [4.69, 9.17) is 16.3 Å². The van der Waals surface area contributed by atoms with E-state index in [1.165, 1.54) is 23.3 Å². The Morgan fingerprint density at radius 2 is 1.93 bits per heavy atom. The number of anilines is 1. The molecule has 3 heterocycles. The first kappa shape index (κ1) is 18.9. The molecule has 28 heavy (non-hydrogen) atoms. The van der Waals surface area contributed by atoms with Gasteiger partial charge in [-0.1, -0.05) is 17.7 Å². The third-order valence-electron chi connectivity index (χ3n) is 3.98. The highest BCUT2D eigenvalue weighted by Gasteiger charge is 2.33. The molecule has 0 unspecified atom stereocenters. The van der Waals surface area contributed by atoms with Gasteiger partial charge >= 0.3 is 12.2 Å². The highest BCUT2D eigenvalue weighted by atomic mass is 35.5. The SMILES string of the molecule is FC(F)(F)c1ccn(CCN2CSc3cccc(Oc4ncc(Cl)cn4)c32)n1. The van der Waals surface area contributed by atoms with Crippen LogP contribution in [0.4, 0.5) is 18.9 Å². The van der Waals surface area contributed by atoms with Crippen LogP contribution in [0.25, 0.3) is 0 Å². The van der Waals surface area contributed by atoms with Crippen LogP contribution in [-0.2, 0) is 12.7 Å². The lowest BCUT2D eigenvalue weighted by Crippen LogP contribution is -2.25. The topological polar surface area (TPSA) is 56.1 Å². The highest BCUT2D eigenvalue weighted by Crippen LogP contribution is 2.45. The summed E-state index contributed by atoms with van der Waals surface area (Å²) in [5, 5.41) is 3.99. The third-order valence-corrected chi connectivity index (χ3v) is 5.26. The van der Waals surface area contributed by atoms with Crippen molar-refractivity contribution in [3.05, 3.63) is 53.6 Å². The zero-order valence-electron chi connectivity index (χ0n) is 14.2. The molecule has 146 valence electrons. The number of nitrogens with zero attached hydrogens (tertiary/aromatic N) is 5. The van der Waals surface area contributed by atoms with Gasteiger partial charge in [0.25, 0.3) is 0 Å². The number of hydrogen-bond acceptors (Lipinski definition) is 6. The van der Waals surface area contributed by atoms with E-state index < -0.39 is 11.9 Å². The molecular weight excluding hydrogens is 415 g/mol. The van der Waals surface area contributed by atoms with Crippen LogP contribution in [0.5, 0.6) is 11.8 Å². The van der Waals surface area contributed by atoms with E-state index in [2.05, 4.69) is 15.1 Å². The Hall–Kier alpha value is -2.46. The molecule has 0 saturated carbocycles. The van der Waals surface area contributed by atoms with Crippen LogP contribution in [0.2, 0.25) is 5.02 Å². The first-order valence-electron chi connectivity index (χ1n) is 8.17. The van der Waals surface area contributed by atoms with Crippen LogP contribution in [0.15, 0.2) is 47.8 Å². The minimum absolute atomic E-state index is 0.163. The Morgan fingerprint density at radius 3 is 2.64 bits per heavy atom. The number of alkyl halides is 3. The summed E-state index contributed by atoms with van der Waals surface area (Å²) in [7, 11) is 0. The molecule has 0 fully saturated rings. The van der Waals surface area contributed by atoms with Crippen molar-refractivity contribution in [2.75, 3.05) is 17.3 Å². The van der Waals surface area contributed by atoms with Gasteiger partial charge in [0.15, 0.2) is 11.4 Å². The van der Waals surface area contributed by atoms with E-state index in [-0.39, 0.29) is 6.01 Å². The van der Waals surface area contributed by atoms with Crippen LogP contribution in [0.3, 0.4) is 0 Å². The van der Waals surface area contributed by atoms with E-state index in [0.717, 1.165) is 16.6 Å². The maximum absolute atomic E-state index is 12.7. The Balaban J connectivity index is 1.50. The number of benzene rings is 1. The first-order valence-corrected chi connectivity index (χ1v) is 9.53. The van der Waals surface area contributed by atoms with Gasteiger partial charge in [-0.25, -0.2) is 9.97 Å². The minimum atomic E-state index is -4.44. The Kier molecular flexibility index (Phi) is 5.07. The maximum atomic E-state index is 12.7. The van der Waals surface area contributed by atoms with Gasteiger partial charge < -0.3 is 9.64 Å². The molecule has 1 aromatic carbocycles. The molecule has 1 aliphatic heterocycles. The van der Waals surface area contributed by atoms with Gasteiger partial charge in [-0.3, -0.25) is 4.68 Å². The van der Waals surface area contributed by atoms with Crippen molar-refractivity contribution < 1.29 is 17.9 Å². The van der Waals surface area contributed by atoms with E-state index in [0.29, 0.717) is 29.7 Å². The lowest BCUT2D eigenvalue weighted by Gasteiger charge is -2.20. The molecule has 0 amide bonds. The molecule has 0 saturated heterocycles. The van der Waals surface area contributed by atoms with Crippen LogP contribution < -0.4 is 9.64 Å². The second kappa shape index (κ2) is 7.51. The molecular formula is C17H13ClF3N5OS. The van der Waals surface area contributed by atoms with Crippen molar-refractivity contribution in [1.29, 1.82) is 0 Å². The summed E-state index contributed by atoms with van der Waals surface area (Å²) in [5.74, 6) is 1.23. The molecule has 11 heteroatoms. The van der Waals surface area contributed by atoms with Crippen LogP contribution in [-0.4, -0.2) is 32.2 Å². The highest BCUT2D eigenvalue weighted by molar-refractivity contribution is 7.99. The number of aromatic nitrogens is 4. The van der Waals surface area contributed by atoms with Crippen molar-refractivity contribution in [3.63, 3.8) is 0 Å². The quantitative estimate of drug-likeness (QED) is 0.588. The molecule has 0 spiro atoms. The van der Waals surface area contributed by atoms with Gasteiger partial charge in [0.05, 0.1) is 35.5 Å². The molecule has 0 aliphatic carbocycles. The number of halogens is 4. The number of thioether (sulfide) groups is 1. The minimum Gasteiger partial charge on any atom is -0.422 e. The van der Waals surface area contributed by atoms with Gasteiger partial charge in [-0.15, -0.1) is 11.8 Å². The Labute approximate surface area is 167 Å². The summed E-state index contributed by atoms with van der Waals surface area (Å²) >= 11 is 7.41. The molecule has 0 radical (unpaired) electrons. The molecule has 0 bridgehead atoms. The van der Waals surface area contributed by atoms with E-state index in [9.17, 15) is 13.2 Å². The van der Waals surface area contributed by atoms with Crippen molar-refractivity contribution in [3.8, 4) is 11.8 Å². The van der Waals surface area contributed by atoms with Crippen LogP contribution in [0.1, 0.15) is 5.69 Å². The molecule has 3 aromatic rings. The second-order valence-electron chi connectivity index (χ2n) is 5.89. The van der Waals surface area contributed by atoms with Crippen molar-refractivity contribution in [2.24, 2.45) is 0 Å². The monoisotopic (exact) mass is 427 g/mol. The first-order chi connectivity index (χ1) is 13.4. The fraction of sp³-hybridized carbons (Fsp3) is 0.235. The number of hydrogen-bond donors (Lipinski definition) is 0. The van der Waals surface area contributed by atoms with Gasteiger partial charge in [0.1, 0.15) is 0 Å². The Bertz CT molecular complexity index is 980. The fourth-order valence-corrected chi connectivity index (χ4v) is 3.91. The number of fused-ring (bicyclic) bond motifs is 1. The smallest absolute Gasteiger partial charge is 0.422 e. The van der Waals surface area contributed by atoms with E-state index in [1.807, 2.05) is 17.0 Å². The molecule has 4 rings (SSSR count). The Morgan fingerprint density at radius 1 is 1.14 bits per heavy atom. The summed E-state index contributed by atoms with van der Waals surface area (Å²) < 4.78 is 45.2. The zero-order chi connectivity index (χ0) is 19.7. The van der Waals surface area contributed by atoms with E-state index >= 15 is 0 Å². The van der Waals surface area contributed by atoms with E-state index in [1.54, 1.807) is 17.8 Å². The predicted octanol–water partition coefficient (Wildman–Crippen LogP) is 4.71. The van der Waals surface area contributed by atoms with Crippen LogP contribution >= 0.6 is 23.4 Å². The number of rotatable bonds is 5. The average Bonchev–Trinajstić information content (AvgIpc) is 3.29. The van der Waals surface area contributed by atoms with Gasteiger partial charge in [0, 0.05) is 17.6 Å². The second-order valence-corrected chi connectivity index (χ2v) is 7.31. The summed E-state index contributed by atoms with van der Waals surface area (Å²) in [6.07, 6.45) is -0.233. The maximum Gasteiger partial charge on any atom is 0.435 e. The molecule has 0 atom stereocenters. The molecule has 2 aromatic heterocycles. The lowest BCUT2D eigenvalue weighted by atomic mass is 10.2. The van der Waals surface area contributed by atoms with Crippen molar-refractivity contribution >= 4 is 29.1 Å². The summed E-state index contributed by atoms with van der Waals surface area (Å²) in [6.45, 7) is 0.780. The number of para-hydroxylation sites is 1. The molecule has 1 aliphatic rings. The van der Waals surface area contributed by atoms with Crippen molar-refractivity contribution in [2.45, 2.75) is 17.6 Å². The van der Waals surface area contributed by atoms with Gasteiger partial charge in [-0.2, -0.15) is 18.3 Å².